The Morgan fingerprint density at radius 2 is 2.00 bits per heavy atom. The number of aryl methyl sites for hydroxylation is 2. The van der Waals surface area contributed by atoms with E-state index in [2.05, 4.69) is 48.7 Å². The van der Waals surface area contributed by atoms with Gasteiger partial charge in [0.2, 0.25) is 0 Å². The Bertz CT molecular complexity index is 731. The van der Waals surface area contributed by atoms with E-state index in [1.165, 1.54) is 21.6 Å². The standard InChI is InChI=1S/C20H24N2OS.ClH/c1-14-6-7-19(15(2)8-14)24-13-16-4-3-5-18(9-16)20(23)22-12-17-10-21-11-17;/h3-9,17,21H,10-13H2,1-2H3,(H,22,23);1H. The highest BCUT2D eigenvalue weighted by Crippen LogP contribution is 2.26. The Balaban J connectivity index is 0.00000225. The summed E-state index contributed by atoms with van der Waals surface area (Å²) >= 11 is 1.82. The van der Waals surface area contributed by atoms with Gasteiger partial charge in [0, 0.05) is 41.8 Å². The fraction of sp³-hybridized carbons (Fsp3) is 0.350. The van der Waals surface area contributed by atoms with Gasteiger partial charge in [-0.2, -0.15) is 0 Å². The van der Waals surface area contributed by atoms with Crippen LogP contribution in [0.1, 0.15) is 27.0 Å². The molecule has 1 amide bonds. The molecule has 3 nitrogen and oxygen atoms in total. The lowest BCUT2D eigenvalue weighted by atomic mass is 10.0. The quantitative estimate of drug-likeness (QED) is 0.749. The Labute approximate surface area is 160 Å². The van der Waals surface area contributed by atoms with Crippen molar-refractivity contribution in [1.82, 2.24) is 10.6 Å². The van der Waals surface area contributed by atoms with Crippen LogP contribution in [0.5, 0.6) is 0 Å². The second kappa shape index (κ2) is 9.27. The monoisotopic (exact) mass is 376 g/mol. The van der Waals surface area contributed by atoms with Crippen molar-refractivity contribution in [1.29, 1.82) is 0 Å². The van der Waals surface area contributed by atoms with Gasteiger partial charge >= 0.3 is 0 Å². The number of rotatable bonds is 6. The zero-order valence-corrected chi connectivity index (χ0v) is 16.3. The molecule has 5 heteroatoms. The second-order valence-corrected chi connectivity index (χ2v) is 7.51. The Kier molecular flexibility index (Phi) is 7.36. The minimum Gasteiger partial charge on any atom is -0.352 e. The van der Waals surface area contributed by atoms with Gasteiger partial charge in [0.15, 0.2) is 0 Å². The average molecular weight is 377 g/mol. The van der Waals surface area contributed by atoms with Gasteiger partial charge in [0.1, 0.15) is 0 Å². The van der Waals surface area contributed by atoms with Gasteiger partial charge in [0.25, 0.3) is 5.91 Å². The molecule has 0 atom stereocenters. The van der Waals surface area contributed by atoms with Crippen LogP contribution in [0.25, 0.3) is 0 Å². The van der Waals surface area contributed by atoms with E-state index >= 15 is 0 Å². The van der Waals surface area contributed by atoms with E-state index < -0.39 is 0 Å². The summed E-state index contributed by atoms with van der Waals surface area (Å²) < 4.78 is 0. The van der Waals surface area contributed by atoms with Crippen LogP contribution in [0.2, 0.25) is 0 Å². The SMILES string of the molecule is Cc1ccc(SCc2cccc(C(=O)NCC3CNC3)c2)c(C)c1.Cl. The van der Waals surface area contributed by atoms with Crippen molar-refractivity contribution in [3.05, 3.63) is 64.7 Å². The number of benzene rings is 2. The van der Waals surface area contributed by atoms with Gasteiger partial charge in [0.05, 0.1) is 0 Å². The van der Waals surface area contributed by atoms with Gasteiger partial charge in [-0.15, -0.1) is 24.2 Å². The summed E-state index contributed by atoms with van der Waals surface area (Å²) in [5.74, 6) is 1.48. The third kappa shape index (κ3) is 5.50. The molecule has 2 aromatic carbocycles. The van der Waals surface area contributed by atoms with Crippen LogP contribution < -0.4 is 10.6 Å². The molecule has 2 N–H and O–H groups in total. The Morgan fingerprint density at radius 3 is 2.68 bits per heavy atom. The first kappa shape index (κ1) is 19.8. The van der Waals surface area contributed by atoms with E-state index in [0.717, 1.165) is 31.0 Å². The average Bonchev–Trinajstić information content (AvgIpc) is 2.53. The topological polar surface area (TPSA) is 41.1 Å². The Morgan fingerprint density at radius 1 is 1.20 bits per heavy atom. The first-order valence-corrected chi connectivity index (χ1v) is 9.38. The van der Waals surface area contributed by atoms with Crippen LogP contribution in [0.4, 0.5) is 0 Å². The number of nitrogens with one attached hydrogen (secondary N) is 2. The summed E-state index contributed by atoms with van der Waals surface area (Å²) in [5, 5.41) is 6.25. The fourth-order valence-corrected chi connectivity index (χ4v) is 3.71. The summed E-state index contributed by atoms with van der Waals surface area (Å²) in [6, 6.07) is 14.5. The van der Waals surface area contributed by atoms with Crippen molar-refractivity contribution >= 4 is 30.1 Å². The van der Waals surface area contributed by atoms with Crippen molar-refractivity contribution in [3.8, 4) is 0 Å². The van der Waals surface area contributed by atoms with Crippen LogP contribution in [-0.4, -0.2) is 25.5 Å². The van der Waals surface area contributed by atoms with Crippen molar-refractivity contribution in [2.45, 2.75) is 24.5 Å². The molecule has 3 rings (SSSR count). The van der Waals surface area contributed by atoms with Crippen molar-refractivity contribution < 1.29 is 4.79 Å². The molecule has 1 saturated heterocycles. The molecular formula is C20H25ClN2OS. The van der Waals surface area contributed by atoms with Gasteiger partial charge in [-0.1, -0.05) is 29.8 Å². The number of amides is 1. The fourth-order valence-electron chi connectivity index (χ4n) is 2.76. The van der Waals surface area contributed by atoms with Gasteiger partial charge in [-0.25, -0.2) is 0 Å². The number of hydrogen-bond donors (Lipinski definition) is 2. The minimum absolute atomic E-state index is 0. The second-order valence-electron chi connectivity index (χ2n) is 6.49. The highest BCUT2D eigenvalue weighted by molar-refractivity contribution is 7.98. The molecule has 1 heterocycles. The number of hydrogen-bond acceptors (Lipinski definition) is 3. The summed E-state index contributed by atoms with van der Waals surface area (Å²) in [4.78, 5) is 13.6. The summed E-state index contributed by atoms with van der Waals surface area (Å²) in [6.07, 6.45) is 0. The van der Waals surface area contributed by atoms with E-state index in [4.69, 9.17) is 0 Å². The minimum atomic E-state index is 0. The molecule has 2 aromatic rings. The molecule has 0 aliphatic carbocycles. The molecule has 134 valence electrons. The highest BCUT2D eigenvalue weighted by atomic mass is 35.5. The smallest absolute Gasteiger partial charge is 0.251 e. The molecule has 1 fully saturated rings. The maximum Gasteiger partial charge on any atom is 0.251 e. The molecule has 0 bridgehead atoms. The molecule has 0 aromatic heterocycles. The largest absolute Gasteiger partial charge is 0.352 e. The molecule has 0 spiro atoms. The third-order valence-electron chi connectivity index (χ3n) is 4.33. The zero-order chi connectivity index (χ0) is 16.9. The van der Waals surface area contributed by atoms with Crippen LogP contribution >= 0.6 is 24.2 Å². The van der Waals surface area contributed by atoms with Crippen LogP contribution in [0.15, 0.2) is 47.4 Å². The maximum absolute atomic E-state index is 12.3. The first-order chi connectivity index (χ1) is 11.6. The zero-order valence-electron chi connectivity index (χ0n) is 14.7. The number of carbonyl (C=O) groups excluding carboxylic acids is 1. The molecular weight excluding hydrogens is 352 g/mol. The molecule has 0 saturated carbocycles. The molecule has 1 aliphatic rings. The third-order valence-corrected chi connectivity index (χ3v) is 5.58. The number of carbonyl (C=O) groups is 1. The van der Waals surface area contributed by atoms with E-state index in [-0.39, 0.29) is 18.3 Å². The van der Waals surface area contributed by atoms with Crippen LogP contribution in [0.3, 0.4) is 0 Å². The lowest BCUT2D eigenvalue weighted by Gasteiger charge is -2.27. The van der Waals surface area contributed by atoms with Gasteiger partial charge in [-0.3, -0.25) is 4.79 Å². The predicted octanol–water partition coefficient (Wildman–Crippen LogP) is 3.97. The first-order valence-electron chi connectivity index (χ1n) is 8.40. The van der Waals surface area contributed by atoms with Gasteiger partial charge < -0.3 is 10.6 Å². The Hall–Kier alpha value is -1.49. The molecule has 1 aliphatic heterocycles. The van der Waals surface area contributed by atoms with Crippen LogP contribution in [0, 0.1) is 19.8 Å². The highest BCUT2D eigenvalue weighted by Gasteiger charge is 2.17. The lowest BCUT2D eigenvalue weighted by Crippen LogP contribution is -2.48. The van der Waals surface area contributed by atoms with Crippen LogP contribution in [-0.2, 0) is 5.75 Å². The molecule has 0 radical (unpaired) electrons. The normalized spacial score (nSPS) is 13.7. The van der Waals surface area contributed by atoms with Crippen molar-refractivity contribution in [2.75, 3.05) is 19.6 Å². The van der Waals surface area contributed by atoms with E-state index in [9.17, 15) is 4.79 Å². The number of halogens is 1. The van der Waals surface area contributed by atoms with Crippen molar-refractivity contribution in [3.63, 3.8) is 0 Å². The lowest BCUT2D eigenvalue weighted by molar-refractivity contribution is 0.0942. The maximum atomic E-state index is 12.3. The summed E-state index contributed by atoms with van der Waals surface area (Å²) in [7, 11) is 0. The molecule has 25 heavy (non-hydrogen) atoms. The molecule has 0 unspecified atom stereocenters. The van der Waals surface area contributed by atoms with E-state index in [1.807, 2.05) is 30.0 Å². The predicted molar refractivity (Wildman–Crippen MR) is 108 cm³/mol. The van der Waals surface area contributed by atoms with E-state index in [1.54, 1.807) is 0 Å². The van der Waals surface area contributed by atoms with Gasteiger partial charge in [-0.05, 0) is 43.2 Å². The summed E-state index contributed by atoms with van der Waals surface area (Å²) in [6.45, 7) is 7.03. The summed E-state index contributed by atoms with van der Waals surface area (Å²) in [5.41, 5.74) is 4.53. The van der Waals surface area contributed by atoms with Crippen molar-refractivity contribution in [2.24, 2.45) is 5.92 Å². The number of thioether (sulfide) groups is 1. The van der Waals surface area contributed by atoms with E-state index in [0.29, 0.717) is 5.92 Å².